The van der Waals surface area contributed by atoms with Crippen molar-refractivity contribution in [3.8, 4) is 0 Å². The Bertz CT molecular complexity index is 498. The first-order valence-corrected chi connectivity index (χ1v) is 5.60. The van der Waals surface area contributed by atoms with E-state index in [0.717, 1.165) is 14.0 Å². The molecule has 1 heterocycles. The van der Waals surface area contributed by atoms with Crippen LogP contribution in [-0.4, -0.2) is 36.6 Å². The minimum Gasteiger partial charge on any atom is -0.466 e. The number of carbonyl (C=O) groups excluding carboxylic acids is 3. The lowest BCUT2D eigenvalue weighted by Gasteiger charge is -2.31. The molecule has 0 fully saturated rings. The van der Waals surface area contributed by atoms with Crippen LogP contribution in [0.3, 0.4) is 0 Å². The van der Waals surface area contributed by atoms with Crippen molar-refractivity contribution in [2.75, 3.05) is 7.11 Å². The van der Waals surface area contributed by atoms with E-state index in [2.05, 4.69) is 4.74 Å². The fourth-order valence-electron chi connectivity index (χ4n) is 1.89. The van der Waals surface area contributed by atoms with E-state index in [-0.39, 0.29) is 12.1 Å². The topological polar surface area (TPSA) is 84.5 Å². The van der Waals surface area contributed by atoms with Gasteiger partial charge in [-0.05, 0) is 6.92 Å². The molecular weight excluding hydrogens is 281 g/mol. The maximum atomic E-state index is 13.4. The number of halogens is 3. The van der Waals surface area contributed by atoms with Gasteiger partial charge in [0, 0.05) is 12.1 Å². The number of rotatable bonds is 3. The van der Waals surface area contributed by atoms with Gasteiger partial charge in [0.2, 0.25) is 11.4 Å². The van der Waals surface area contributed by atoms with E-state index in [4.69, 9.17) is 0 Å². The molecule has 0 radical (unpaired) electrons. The summed E-state index contributed by atoms with van der Waals surface area (Å²) in [6.07, 6.45) is -5.47. The SMILES string of the molecule is CCC(=O)N[C@@]1(C(F)(F)F)C(=O)NC(C)=C1C(=O)OC. The van der Waals surface area contributed by atoms with E-state index < -0.39 is 35.1 Å². The summed E-state index contributed by atoms with van der Waals surface area (Å²) in [5.74, 6) is -3.90. The Kier molecular flexibility index (Phi) is 4.11. The molecule has 20 heavy (non-hydrogen) atoms. The second-order valence-corrected chi connectivity index (χ2v) is 4.10. The molecule has 9 heteroatoms. The number of amides is 2. The van der Waals surface area contributed by atoms with Gasteiger partial charge in [0.05, 0.1) is 7.11 Å². The predicted octanol–water partition coefficient (Wildman–Crippen LogP) is 0.390. The molecule has 6 nitrogen and oxygen atoms in total. The molecule has 2 amide bonds. The highest BCUT2D eigenvalue weighted by molar-refractivity contribution is 6.10. The number of carbonyl (C=O) groups is 3. The zero-order valence-corrected chi connectivity index (χ0v) is 11.0. The molecule has 112 valence electrons. The summed E-state index contributed by atoms with van der Waals surface area (Å²) < 4.78 is 44.4. The van der Waals surface area contributed by atoms with Crippen LogP contribution >= 0.6 is 0 Å². The highest BCUT2D eigenvalue weighted by atomic mass is 19.4. The van der Waals surface area contributed by atoms with E-state index >= 15 is 0 Å². The number of alkyl halides is 3. The number of esters is 1. The zero-order valence-electron chi connectivity index (χ0n) is 11.0. The maximum Gasteiger partial charge on any atom is 0.425 e. The second-order valence-electron chi connectivity index (χ2n) is 4.10. The van der Waals surface area contributed by atoms with Crippen molar-refractivity contribution in [1.29, 1.82) is 0 Å². The van der Waals surface area contributed by atoms with Crippen LogP contribution in [0.1, 0.15) is 20.3 Å². The summed E-state index contributed by atoms with van der Waals surface area (Å²) in [6, 6.07) is 0. The molecule has 0 saturated heterocycles. The molecule has 1 aliphatic rings. The largest absolute Gasteiger partial charge is 0.466 e. The maximum absolute atomic E-state index is 13.4. The summed E-state index contributed by atoms with van der Waals surface area (Å²) in [7, 11) is 0.883. The molecule has 0 bridgehead atoms. The lowest BCUT2D eigenvalue weighted by atomic mass is 9.89. The van der Waals surface area contributed by atoms with Crippen LogP contribution in [0.5, 0.6) is 0 Å². The quantitative estimate of drug-likeness (QED) is 0.738. The lowest BCUT2D eigenvalue weighted by Crippen LogP contribution is -2.65. The number of methoxy groups -OCH3 is 1. The third-order valence-corrected chi connectivity index (χ3v) is 2.85. The standard InChI is InChI=1S/C11H13F3N2O4/c1-4-6(17)16-10(11(12,13)14)7(8(18)20-3)5(2)15-9(10)19/h4H2,1-3H3,(H,15,19)(H,16,17)/t10-/m1/s1. The summed E-state index contributed by atoms with van der Waals surface area (Å²) in [4.78, 5) is 34.7. The van der Waals surface area contributed by atoms with Crippen molar-refractivity contribution in [2.45, 2.75) is 32.0 Å². The van der Waals surface area contributed by atoms with Gasteiger partial charge >= 0.3 is 12.1 Å². The molecule has 0 aromatic carbocycles. The van der Waals surface area contributed by atoms with Crippen LogP contribution in [0.15, 0.2) is 11.3 Å². The highest BCUT2D eigenvalue weighted by Crippen LogP contribution is 2.41. The summed E-state index contributed by atoms with van der Waals surface area (Å²) >= 11 is 0. The Morgan fingerprint density at radius 3 is 2.35 bits per heavy atom. The average Bonchev–Trinajstić information content (AvgIpc) is 2.60. The summed E-state index contributed by atoms with van der Waals surface area (Å²) in [5.41, 5.74) is -4.69. The molecule has 1 aliphatic heterocycles. The van der Waals surface area contributed by atoms with Gasteiger partial charge in [-0.2, -0.15) is 13.2 Å². The third-order valence-electron chi connectivity index (χ3n) is 2.85. The number of ether oxygens (including phenoxy) is 1. The van der Waals surface area contributed by atoms with Gasteiger partial charge in [0.15, 0.2) is 0 Å². The van der Waals surface area contributed by atoms with Crippen LogP contribution in [0.2, 0.25) is 0 Å². The third kappa shape index (κ3) is 2.23. The Labute approximate surface area is 112 Å². The van der Waals surface area contributed by atoms with Crippen LogP contribution in [0.25, 0.3) is 0 Å². The Hall–Kier alpha value is -2.06. The van der Waals surface area contributed by atoms with E-state index in [1.54, 1.807) is 5.32 Å². The van der Waals surface area contributed by atoms with Gasteiger partial charge in [0.1, 0.15) is 5.57 Å². The van der Waals surface area contributed by atoms with Crippen molar-refractivity contribution in [3.05, 3.63) is 11.3 Å². The Morgan fingerprint density at radius 2 is 1.95 bits per heavy atom. The first-order valence-electron chi connectivity index (χ1n) is 5.60. The molecule has 0 aliphatic carbocycles. The van der Waals surface area contributed by atoms with Gasteiger partial charge in [-0.25, -0.2) is 4.79 Å². The molecule has 0 aromatic heterocycles. The van der Waals surface area contributed by atoms with Gasteiger partial charge in [-0.3, -0.25) is 9.59 Å². The van der Waals surface area contributed by atoms with E-state index in [1.165, 1.54) is 6.92 Å². The molecule has 0 aromatic rings. The summed E-state index contributed by atoms with van der Waals surface area (Å²) in [6.45, 7) is 2.44. The average molecular weight is 294 g/mol. The van der Waals surface area contributed by atoms with E-state index in [1.807, 2.05) is 5.32 Å². The predicted molar refractivity (Wildman–Crippen MR) is 60.1 cm³/mol. The van der Waals surface area contributed by atoms with Gasteiger partial charge in [0.25, 0.3) is 5.91 Å². The fourth-order valence-corrected chi connectivity index (χ4v) is 1.89. The minimum atomic E-state index is -5.19. The smallest absolute Gasteiger partial charge is 0.425 e. The fraction of sp³-hybridized carbons (Fsp3) is 0.545. The van der Waals surface area contributed by atoms with Crippen molar-refractivity contribution in [1.82, 2.24) is 10.6 Å². The van der Waals surface area contributed by atoms with Crippen molar-refractivity contribution >= 4 is 17.8 Å². The lowest BCUT2D eigenvalue weighted by molar-refractivity contribution is -0.192. The number of nitrogens with one attached hydrogen (secondary N) is 2. The monoisotopic (exact) mass is 294 g/mol. The Balaban J connectivity index is 3.51. The first-order chi connectivity index (χ1) is 9.11. The van der Waals surface area contributed by atoms with Gasteiger partial charge in [-0.15, -0.1) is 0 Å². The normalized spacial score (nSPS) is 22.6. The molecule has 2 N–H and O–H groups in total. The highest BCUT2D eigenvalue weighted by Gasteiger charge is 2.68. The van der Waals surface area contributed by atoms with Crippen LogP contribution in [-0.2, 0) is 19.1 Å². The molecular formula is C11H13F3N2O4. The van der Waals surface area contributed by atoms with Crippen LogP contribution in [0.4, 0.5) is 13.2 Å². The van der Waals surface area contributed by atoms with Crippen LogP contribution < -0.4 is 10.6 Å². The number of hydrogen-bond acceptors (Lipinski definition) is 4. The van der Waals surface area contributed by atoms with Gasteiger partial charge < -0.3 is 15.4 Å². The second kappa shape index (κ2) is 5.14. The molecule has 0 spiro atoms. The van der Waals surface area contributed by atoms with Gasteiger partial charge in [-0.1, -0.05) is 6.92 Å². The van der Waals surface area contributed by atoms with Crippen LogP contribution in [0, 0.1) is 0 Å². The molecule has 0 saturated carbocycles. The molecule has 0 unspecified atom stereocenters. The molecule has 1 atom stereocenters. The summed E-state index contributed by atoms with van der Waals surface area (Å²) in [5, 5.41) is 3.51. The number of hydrogen-bond donors (Lipinski definition) is 2. The van der Waals surface area contributed by atoms with E-state index in [9.17, 15) is 27.6 Å². The zero-order chi connectivity index (χ0) is 15.7. The molecule has 1 rings (SSSR count). The van der Waals surface area contributed by atoms with E-state index in [0.29, 0.717) is 0 Å². The van der Waals surface area contributed by atoms with Crippen molar-refractivity contribution in [2.24, 2.45) is 0 Å². The number of allylic oxidation sites excluding steroid dienone is 1. The van der Waals surface area contributed by atoms with Crippen molar-refractivity contribution < 1.29 is 32.3 Å². The Morgan fingerprint density at radius 1 is 1.40 bits per heavy atom. The minimum absolute atomic E-state index is 0.279. The first kappa shape index (κ1) is 16.0. The van der Waals surface area contributed by atoms with Crippen molar-refractivity contribution in [3.63, 3.8) is 0 Å².